The smallest absolute Gasteiger partial charge is 0.203 e. The second-order valence-corrected chi connectivity index (χ2v) is 5.16. The molecule has 0 aromatic heterocycles. The highest BCUT2D eigenvalue weighted by atomic mass is 19.4. The van der Waals surface area contributed by atoms with Gasteiger partial charge >= 0.3 is 53.8 Å². The third-order valence-corrected chi connectivity index (χ3v) is 3.26. The number of halogens is 19. The Balaban J connectivity index is 6.85. The summed E-state index contributed by atoms with van der Waals surface area (Å²) in [7, 11) is 0. The van der Waals surface area contributed by atoms with Crippen molar-refractivity contribution in [2.45, 2.75) is 53.8 Å². The fourth-order valence-electron chi connectivity index (χ4n) is 1.47. The van der Waals surface area contributed by atoms with Crippen molar-refractivity contribution in [3.05, 3.63) is 0 Å². The molecule has 0 unspecified atom stereocenters. The van der Waals surface area contributed by atoms with Crippen molar-refractivity contribution >= 4 is 0 Å². The molecule has 19 heteroatoms. The minimum Gasteiger partial charge on any atom is -0.203 e. The summed E-state index contributed by atoms with van der Waals surface area (Å²) in [5, 5.41) is 0. The van der Waals surface area contributed by atoms with Crippen molar-refractivity contribution in [3.63, 3.8) is 0 Å². The molecule has 0 spiro atoms. The molecule has 0 atom stereocenters. The lowest BCUT2D eigenvalue weighted by molar-refractivity contribution is -0.454. The lowest BCUT2D eigenvalue weighted by Crippen LogP contribution is -2.75. The minimum atomic E-state index is -8.81. The predicted octanol–water partition coefficient (Wildman–Crippen LogP) is 6.26. The average Bonchev–Trinajstić information content (AvgIpc) is 2.53. The molecule has 30 heavy (non-hydrogen) atoms. The third kappa shape index (κ3) is 3.29. The quantitative estimate of drug-likeness (QED) is 0.276. The fraction of sp³-hybridized carbons (Fsp3) is 0.818. The zero-order valence-corrected chi connectivity index (χ0v) is 12.8. The summed E-state index contributed by atoms with van der Waals surface area (Å²) in [4.78, 5) is 0. The molecule has 0 heterocycles. The van der Waals surface area contributed by atoms with Gasteiger partial charge in [0.05, 0.1) is 0 Å². The van der Waals surface area contributed by atoms with E-state index in [2.05, 4.69) is 0 Å². The second-order valence-electron chi connectivity index (χ2n) is 5.16. The Morgan fingerprint density at radius 1 is 0.433 bits per heavy atom. The van der Waals surface area contributed by atoms with Crippen LogP contribution in [0.5, 0.6) is 0 Å². The summed E-state index contributed by atoms with van der Waals surface area (Å²) < 4.78 is 242. The molecule has 0 bridgehead atoms. The van der Waals surface area contributed by atoms with Gasteiger partial charge in [-0.3, -0.25) is 0 Å². The molecule has 0 N–H and O–H groups in total. The normalized spacial score (nSPS) is 15.9. The highest BCUT2D eigenvalue weighted by molar-refractivity contribution is 5.21. The van der Waals surface area contributed by atoms with Crippen molar-refractivity contribution in [3.8, 4) is 12.1 Å². The summed E-state index contributed by atoms with van der Waals surface area (Å²) in [6, 6.07) is 0. The molecule has 0 saturated heterocycles. The van der Waals surface area contributed by atoms with Crippen LogP contribution in [-0.4, -0.2) is 53.8 Å². The van der Waals surface area contributed by atoms with E-state index in [1.165, 1.54) is 0 Å². The first-order valence-corrected chi connectivity index (χ1v) is 6.19. The topological polar surface area (TPSA) is 0 Å². The van der Waals surface area contributed by atoms with Crippen molar-refractivity contribution in [2.75, 3.05) is 0 Å². The Morgan fingerprint density at radius 3 is 0.967 bits per heavy atom. The first-order valence-electron chi connectivity index (χ1n) is 6.19. The van der Waals surface area contributed by atoms with E-state index in [-0.39, 0.29) is 0 Å². The van der Waals surface area contributed by atoms with Gasteiger partial charge in [0.1, 0.15) is 6.17 Å². The van der Waals surface area contributed by atoms with E-state index >= 15 is 0 Å². The molecule has 0 fully saturated rings. The van der Waals surface area contributed by atoms with Crippen LogP contribution in [0.15, 0.2) is 0 Å². The Bertz CT molecular complexity index is 689. The molecule has 0 aromatic carbocycles. The summed E-state index contributed by atoms with van der Waals surface area (Å²) >= 11 is 0. The second kappa shape index (κ2) is 7.14. The van der Waals surface area contributed by atoms with E-state index in [4.69, 9.17) is 0 Å². The van der Waals surface area contributed by atoms with Crippen LogP contribution >= 0.6 is 0 Å². The standard InChI is InChI=1S/C11HF19/c12-2-1-4(15,16)6(19,20)8(23,24)10(27,28)11(29,30)9(25,26)7(21,22)5(17,18)3(13)14/h3H. The van der Waals surface area contributed by atoms with Gasteiger partial charge in [-0.15, -0.1) is 4.39 Å². The van der Waals surface area contributed by atoms with Crippen LogP contribution in [0, 0.1) is 12.1 Å². The molecule has 0 amide bonds. The molecule has 0 aromatic rings. The molecular weight excluding hydrogens is 493 g/mol. The number of rotatable bonds is 8. The van der Waals surface area contributed by atoms with Crippen LogP contribution in [0.1, 0.15) is 0 Å². The van der Waals surface area contributed by atoms with Gasteiger partial charge in [0.2, 0.25) is 0 Å². The fourth-order valence-corrected chi connectivity index (χ4v) is 1.47. The maximum Gasteiger partial charge on any atom is 0.390 e. The Morgan fingerprint density at radius 2 is 0.700 bits per heavy atom. The van der Waals surface area contributed by atoms with Gasteiger partial charge in [0.25, 0.3) is 0 Å². The zero-order chi connectivity index (χ0) is 25.0. The summed E-state index contributed by atoms with van der Waals surface area (Å²) in [5.74, 6) is -66.6. The maximum absolute atomic E-state index is 13.2. The molecule has 0 aliphatic heterocycles. The molecule has 0 saturated carbocycles. The Hall–Kier alpha value is -1.77. The van der Waals surface area contributed by atoms with Crippen LogP contribution in [0.25, 0.3) is 0 Å². The molecule has 178 valence electrons. The Labute approximate surface area is 151 Å². The Kier molecular flexibility index (Phi) is 6.72. The van der Waals surface area contributed by atoms with E-state index in [1.54, 1.807) is 0 Å². The molecule has 0 aliphatic rings. The van der Waals surface area contributed by atoms with E-state index in [1.807, 2.05) is 0 Å². The van der Waals surface area contributed by atoms with Crippen LogP contribution < -0.4 is 0 Å². The lowest BCUT2D eigenvalue weighted by Gasteiger charge is -2.43. The number of hydrogen-bond acceptors (Lipinski definition) is 0. The maximum atomic E-state index is 13.2. The number of hydrogen-bond donors (Lipinski definition) is 0. The van der Waals surface area contributed by atoms with Crippen LogP contribution in [-0.2, 0) is 0 Å². The first-order chi connectivity index (χ1) is 12.8. The van der Waals surface area contributed by atoms with Gasteiger partial charge in [-0.05, 0) is 0 Å². The van der Waals surface area contributed by atoms with Crippen molar-refractivity contribution < 1.29 is 83.4 Å². The molecule has 0 nitrogen and oxygen atoms in total. The minimum absolute atomic E-state index is 0.733. The van der Waals surface area contributed by atoms with Gasteiger partial charge in [-0.2, -0.15) is 70.2 Å². The van der Waals surface area contributed by atoms with Crippen molar-refractivity contribution in [1.29, 1.82) is 0 Å². The molecular formula is C11HF19. The monoisotopic (exact) mass is 494 g/mol. The van der Waals surface area contributed by atoms with Gasteiger partial charge in [0, 0.05) is 5.92 Å². The SMILES string of the molecule is FC#CC(F)(F)C(F)(F)C(F)(F)C(F)(F)C(F)(F)C(F)(F)C(F)(F)C(F)(F)C(F)F. The lowest BCUT2D eigenvalue weighted by atomic mass is 9.87. The van der Waals surface area contributed by atoms with Crippen molar-refractivity contribution in [1.82, 2.24) is 0 Å². The third-order valence-electron chi connectivity index (χ3n) is 3.26. The predicted molar refractivity (Wildman–Crippen MR) is 54.5 cm³/mol. The summed E-state index contributed by atoms with van der Waals surface area (Å²) in [6.07, 6.45) is -6.75. The van der Waals surface area contributed by atoms with Crippen LogP contribution in [0.3, 0.4) is 0 Å². The van der Waals surface area contributed by atoms with Gasteiger partial charge < -0.3 is 0 Å². The zero-order valence-electron chi connectivity index (χ0n) is 12.8. The van der Waals surface area contributed by atoms with E-state index in [0.717, 1.165) is 0 Å². The van der Waals surface area contributed by atoms with Gasteiger partial charge in [-0.1, -0.05) is 0 Å². The number of alkyl halides is 18. The molecule has 0 radical (unpaired) electrons. The van der Waals surface area contributed by atoms with Crippen LogP contribution in [0.4, 0.5) is 83.4 Å². The molecule has 0 aliphatic carbocycles. The van der Waals surface area contributed by atoms with E-state index in [9.17, 15) is 83.4 Å². The first kappa shape index (κ1) is 28.2. The van der Waals surface area contributed by atoms with Gasteiger partial charge in [0.15, 0.2) is 0 Å². The van der Waals surface area contributed by atoms with E-state index < -0.39 is 65.9 Å². The highest BCUT2D eigenvalue weighted by Crippen LogP contribution is 2.64. The van der Waals surface area contributed by atoms with E-state index in [0.29, 0.717) is 0 Å². The average molecular weight is 494 g/mol. The largest absolute Gasteiger partial charge is 0.390 e. The molecule has 0 rings (SSSR count). The summed E-state index contributed by atoms with van der Waals surface area (Å²) in [6.45, 7) is 0. The summed E-state index contributed by atoms with van der Waals surface area (Å²) in [5.41, 5.74) is 0. The highest BCUT2D eigenvalue weighted by Gasteiger charge is 2.95. The van der Waals surface area contributed by atoms with Gasteiger partial charge in [-0.25, -0.2) is 8.78 Å². The van der Waals surface area contributed by atoms with Crippen LogP contribution in [0.2, 0.25) is 0 Å². The van der Waals surface area contributed by atoms with Crippen molar-refractivity contribution in [2.24, 2.45) is 0 Å².